The molecule has 0 bridgehead atoms. The largest absolute Gasteiger partial charge is 0.324 e. The molecule has 0 amide bonds. The minimum atomic E-state index is -0.359. The number of aliphatic imine (C=N–C) groups is 1. The molecule has 0 saturated carbocycles. The summed E-state index contributed by atoms with van der Waals surface area (Å²) in [6.45, 7) is 1.57. The van der Waals surface area contributed by atoms with Crippen LogP contribution in [0.3, 0.4) is 0 Å². The number of anilines is 2. The van der Waals surface area contributed by atoms with Crippen molar-refractivity contribution >= 4 is 28.6 Å². The fourth-order valence-electron chi connectivity index (χ4n) is 3.62. The fraction of sp³-hybridized carbons (Fsp3) is 0.217. The molecule has 1 aliphatic heterocycles. The Morgan fingerprint density at radius 3 is 2.60 bits per heavy atom. The van der Waals surface area contributed by atoms with E-state index in [1.165, 1.54) is 0 Å². The van der Waals surface area contributed by atoms with Gasteiger partial charge in [-0.1, -0.05) is 30.3 Å². The van der Waals surface area contributed by atoms with Gasteiger partial charge in [-0.15, -0.1) is 0 Å². The molecule has 4 rings (SSSR count). The zero-order chi connectivity index (χ0) is 21.1. The maximum absolute atomic E-state index is 11.5. The van der Waals surface area contributed by atoms with E-state index in [1.807, 2.05) is 56.6 Å². The minimum Gasteiger partial charge on any atom is -0.324 e. The number of non-ortho nitro benzene ring substituents is 1. The lowest BCUT2D eigenvalue weighted by molar-refractivity contribution is -0.384. The number of nitro benzene ring substituents is 1. The fourth-order valence-corrected chi connectivity index (χ4v) is 3.62. The molecule has 0 radical (unpaired) electrons. The first-order valence-electron chi connectivity index (χ1n) is 9.85. The molecule has 3 aromatic rings. The van der Waals surface area contributed by atoms with Crippen molar-refractivity contribution in [3.8, 4) is 0 Å². The van der Waals surface area contributed by atoms with Crippen molar-refractivity contribution in [2.75, 3.05) is 32.1 Å². The summed E-state index contributed by atoms with van der Waals surface area (Å²) in [4.78, 5) is 24.9. The van der Waals surface area contributed by atoms with Gasteiger partial charge in [-0.25, -0.2) is 9.98 Å². The first-order chi connectivity index (χ1) is 14.5. The lowest BCUT2D eigenvalue weighted by atomic mass is 9.99. The molecule has 1 aromatic heterocycles. The highest BCUT2D eigenvalue weighted by atomic mass is 16.6. The Hall–Kier alpha value is -3.58. The van der Waals surface area contributed by atoms with Crippen LogP contribution < -0.4 is 4.90 Å². The Morgan fingerprint density at radius 2 is 1.87 bits per heavy atom. The van der Waals surface area contributed by atoms with E-state index in [0.717, 1.165) is 41.2 Å². The van der Waals surface area contributed by atoms with Crippen molar-refractivity contribution in [3.05, 3.63) is 88.1 Å². The molecule has 2 heterocycles. The smallest absolute Gasteiger partial charge is 0.271 e. The van der Waals surface area contributed by atoms with Crippen LogP contribution in [0.5, 0.6) is 0 Å². The quantitative estimate of drug-likeness (QED) is 0.447. The second kappa shape index (κ2) is 8.42. The van der Waals surface area contributed by atoms with Crippen LogP contribution in [-0.4, -0.2) is 47.7 Å². The Labute approximate surface area is 175 Å². The van der Waals surface area contributed by atoms with Crippen molar-refractivity contribution in [2.24, 2.45) is 4.99 Å². The van der Waals surface area contributed by atoms with E-state index in [9.17, 15) is 10.1 Å². The second-order valence-electron chi connectivity index (χ2n) is 7.44. The third kappa shape index (κ3) is 3.92. The maximum atomic E-state index is 11.5. The van der Waals surface area contributed by atoms with Crippen LogP contribution in [0.2, 0.25) is 0 Å². The summed E-state index contributed by atoms with van der Waals surface area (Å²) >= 11 is 0. The Morgan fingerprint density at radius 1 is 1.07 bits per heavy atom. The van der Waals surface area contributed by atoms with E-state index >= 15 is 0 Å². The highest BCUT2D eigenvalue weighted by Gasteiger charge is 2.26. The maximum Gasteiger partial charge on any atom is 0.271 e. The summed E-state index contributed by atoms with van der Waals surface area (Å²) in [6, 6.07) is 18.7. The lowest BCUT2D eigenvalue weighted by Crippen LogP contribution is -2.25. The van der Waals surface area contributed by atoms with Gasteiger partial charge in [0.25, 0.3) is 5.69 Å². The third-order valence-corrected chi connectivity index (χ3v) is 5.03. The van der Waals surface area contributed by atoms with Gasteiger partial charge in [0.2, 0.25) is 0 Å². The van der Waals surface area contributed by atoms with E-state index in [1.54, 1.807) is 24.4 Å². The lowest BCUT2D eigenvalue weighted by Gasteiger charge is -2.26. The van der Waals surface area contributed by atoms with Crippen LogP contribution >= 0.6 is 0 Å². The molecule has 0 N–H and O–H groups in total. The van der Waals surface area contributed by atoms with Crippen molar-refractivity contribution in [2.45, 2.75) is 6.42 Å². The zero-order valence-corrected chi connectivity index (χ0v) is 17.0. The number of rotatable bonds is 6. The summed E-state index contributed by atoms with van der Waals surface area (Å²) in [7, 11) is 4.06. The predicted octanol–water partition coefficient (Wildman–Crippen LogP) is 4.56. The number of aromatic nitrogens is 1. The molecule has 2 aromatic carbocycles. The molecule has 0 spiro atoms. The SMILES string of the molecule is CN(C)CCCN1c2cc([N+](=O)[O-])ccc2C(c2ccccc2)=Nc2cccnc21. The van der Waals surface area contributed by atoms with Crippen molar-refractivity contribution in [3.63, 3.8) is 0 Å². The highest BCUT2D eigenvalue weighted by molar-refractivity contribution is 6.18. The third-order valence-electron chi connectivity index (χ3n) is 5.03. The molecule has 7 nitrogen and oxygen atoms in total. The molecular formula is C23H23N5O2. The van der Waals surface area contributed by atoms with Gasteiger partial charge in [0.1, 0.15) is 5.69 Å². The van der Waals surface area contributed by atoms with Gasteiger partial charge in [0.05, 0.1) is 16.3 Å². The average molecular weight is 401 g/mol. The molecule has 152 valence electrons. The van der Waals surface area contributed by atoms with E-state index in [0.29, 0.717) is 12.4 Å². The molecule has 1 aliphatic rings. The number of benzene rings is 2. The van der Waals surface area contributed by atoms with Gasteiger partial charge in [0.15, 0.2) is 5.82 Å². The average Bonchev–Trinajstić information content (AvgIpc) is 2.89. The normalized spacial score (nSPS) is 12.8. The monoisotopic (exact) mass is 401 g/mol. The molecule has 30 heavy (non-hydrogen) atoms. The molecular weight excluding hydrogens is 378 g/mol. The number of hydrogen-bond donors (Lipinski definition) is 0. The van der Waals surface area contributed by atoms with E-state index in [-0.39, 0.29) is 10.6 Å². The molecule has 0 atom stereocenters. The Balaban J connectivity index is 1.92. The van der Waals surface area contributed by atoms with Gasteiger partial charge in [-0.2, -0.15) is 0 Å². The van der Waals surface area contributed by atoms with E-state index in [4.69, 9.17) is 4.99 Å². The molecule has 0 aliphatic carbocycles. The van der Waals surface area contributed by atoms with Gasteiger partial charge in [-0.05, 0) is 45.3 Å². The molecule has 0 fully saturated rings. The summed E-state index contributed by atoms with van der Waals surface area (Å²) in [6.07, 6.45) is 2.61. The van der Waals surface area contributed by atoms with Crippen LogP contribution in [-0.2, 0) is 0 Å². The first kappa shape index (κ1) is 19.7. The van der Waals surface area contributed by atoms with Crippen LogP contribution in [0.25, 0.3) is 0 Å². The topological polar surface area (TPSA) is 74.9 Å². The standard InChI is InChI=1S/C23H23N5O2/c1-26(2)14-7-15-27-21-16-18(28(29)30)11-12-19(21)22(17-8-4-3-5-9-17)25-20-10-6-13-24-23(20)27/h3-6,8-13,16H,7,14-15H2,1-2H3. The number of pyridine rings is 1. The van der Waals surface area contributed by atoms with Gasteiger partial charge < -0.3 is 9.80 Å². The van der Waals surface area contributed by atoms with Crippen LogP contribution in [0.4, 0.5) is 22.9 Å². The predicted molar refractivity (Wildman–Crippen MR) is 119 cm³/mol. The van der Waals surface area contributed by atoms with Gasteiger partial charge in [0, 0.05) is 36.0 Å². The molecule has 7 heteroatoms. The van der Waals surface area contributed by atoms with Crippen LogP contribution in [0, 0.1) is 10.1 Å². The van der Waals surface area contributed by atoms with Crippen LogP contribution in [0.15, 0.2) is 71.9 Å². The molecule has 0 saturated heterocycles. The summed E-state index contributed by atoms with van der Waals surface area (Å²) in [5, 5.41) is 11.5. The molecule has 0 unspecified atom stereocenters. The zero-order valence-electron chi connectivity index (χ0n) is 17.0. The minimum absolute atomic E-state index is 0.0538. The van der Waals surface area contributed by atoms with E-state index < -0.39 is 0 Å². The number of fused-ring (bicyclic) bond motifs is 2. The second-order valence-corrected chi connectivity index (χ2v) is 7.44. The first-order valence-corrected chi connectivity index (χ1v) is 9.85. The summed E-state index contributed by atoms with van der Waals surface area (Å²) < 4.78 is 0. The number of nitrogens with zero attached hydrogens (tertiary/aromatic N) is 5. The van der Waals surface area contributed by atoms with Gasteiger partial charge >= 0.3 is 0 Å². The van der Waals surface area contributed by atoms with Crippen molar-refractivity contribution < 1.29 is 4.92 Å². The van der Waals surface area contributed by atoms with Crippen molar-refractivity contribution in [1.82, 2.24) is 9.88 Å². The van der Waals surface area contributed by atoms with Crippen molar-refractivity contribution in [1.29, 1.82) is 0 Å². The number of hydrogen-bond acceptors (Lipinski definition) is 6. The van der Waals surface area contributed by atoms with Gasteiger partial charge in [-0.3, -0.25) is 10.1 Å². The van der Waals surface area contributed by atoms with E-state index in [2.05, 4.69) is 14.8 Å². The summed E-state index contributed by atoms with van der Waals surface area (Å²) in [5.41, 5.74) is 4.15. The Kier molecular flexibility index (Phi) is 5.54. The highest BCUT2D eigenvalue weighted by Crippen LogP contribution is 2.40. The van der Waals surface area contributed by atoms with Crippen LogP contribution in [0.1, 0.15) is 17.5 Å². The summed E-state index contributed by atoms with van der Waals surface area (Å²) in [5.74, 6) is 0.712. The Bertz CT molecular complexity index is 1100. The number of nitro groups is 1.